The van der Waals surface area contributed by atoms with Gasteiger partial charge in [0.2, 0.25) is 5.91 Å². The number of hydroxylamine groups is 1. The third kappa shape index (κ3) is 3.62. The van der Waals surface area contributed by atoms with Crippen LogP contribution >= 0.6 is 23.2 Å². The van der Waals surface area contributed by atoms with Crippen LogP contribution in [0.2, 0.25) is 10.0 Å². The second kappa shape index (κ2) is 8.66. The van der Waals surface area contributed by atoms with Gasteiger partial charge in [-0.1, -0.05) is 23.2 Å². The summed E-state index contributed by atoms with van der Waals surface area (Å²) in [6, 6.07) is 7.92. The molecule has 2 aromatic carbocycles. The molecule has 0 saturated heterocycles. The van der Waals surface area contributed by atoms with E-state index in [0.717, 1.165) is 5.06 Å². The Balaban J connectivity index is 1.91. The fraction of sp³-hybridized carbons (Fsp3) is 0.136. The predicted molar refractivity (Wildman–Crippen MR) is 121 cm³/mol. The number of halogens is 2. The number of benzene rings is 2. The van der Waals surface area contributed by atoms with Crippen molar-refractivity contribution in [1.82, 2.24) is 4.98 Å². The molecule has 4 aromatic rings. The highest BCUT2D eigenvalue weighted by atomic mass is 35.5. The summed E-state index contributed by atoms with van der Waals surface area (Å²) < 4.78 is 11.2. The summed E-state index contributed by atoms with van der Waals surface area (Å²) in [5.41, 5.74) is 7.03. The quantitative estimate of drug-likeness (QED) is 0.395. The SMILES string of the molecule is CCON(C(=O)c1ccc2oc3c(OC)ccc(C(N)=O)c3c2c1)c1c(Cl)cncc1Cl. The van der Waals surface area contributed by atoms with Gasteiger partial charge in [-0.05, 0) is 37.3 Å². The van der Waals surface area contributed by atoms with Gasteiger partial charge in [0, 0.05) is 28.7 Å². The molecule has 0 atom stereocenters. The number of primary amides is 1. The third-order valence-corrected chi connectivity index (χ3v) is 5.34. The number of nitrogens with two attached hydrogens (primary N) is 1. The zero-order chi connectivity index (χ0) is 23.0. The Morgan fingerprint density at radius 2 is 1.88 bits per heavy atom. The van der Waals surface area contributed by atoms with Gasteiger partial charge in [0.15, 0.2) is 11.3 Å². The molecule has 4 rings (SSSR count). The lowest BCUT2D eigenvalue weighted by Crippen LogP contribution is -2.31. The van der Waals surface area contributed by atoms with Crippen LogP contribution in [0.15, 0.2) is 47.1 Å². The van der Waals surface area contributed by atoms with Crippen molar-refractivity contribution >= 4 is 62.6 Å². The van der Waals surface area contributed by atoms with Gasteiger partial charge in [-0.3, -0.25) is 19.4 Å². The number of carbonyl (C=O) groups is 2. The lowest BCUT2D eigenvalue weighted by molar-refractivity contribution is 0.0680. The van der Waals surface area contributed by atoms with Gasteiger partial charge < -0.3 is 14.9 Å². The molecule has 0 bridgehead atoms. The van der Waals surface area contributed by atoms with E-state index in [4.69, 9.17) is 42.9 Å². The summed E-state index contributed by atoms with van der Waals surface area (Å²) in [4.78, 5) is 34.9. The Hall–Kier alpha value is -3.33. The van der Waals surface area contributed by atoms with Crippen LogP contribution < -0.4 is 15.5 Å². The number of furan rings is 1. The zero-order valence-electron chi connectivity index (χ0n) is 17.0. The maximum Gasteiger partial charge on any atom is 0.282 e. The highest BCUT2D eigenvalue weighted by Gasteiger charge is 2.26. The van der Waals surface area contributed by atoms with Crippen LogP contribution in [-0.4, -0.2) is 30.5 Å². The van der Waals surface area contributed by atoms with Crippen molar-refractivity contribution in [3.63, 3.8) is 0 Å². The average molecular weight is 474 g/mol. The Labute approximate surface area is 192 Å². The number of hydrogen-bond donors (Lipinski definition) is 1. The molecule has 0 aliphatic heterocycles. The van der Waals surface area contributed by atoms with Crippen LogP contribution in [0.5, 0.6) is 5.75 Å². The molecular formula is C22H17Cl2N3O5. The number of hydrogen-bond acceptors (Lipinski definition) is 6. The van der Waals surface area contributed by atoms with Crippen LogP contribution in [0, 0.1) is 0 Å². The zero-order valence-corrected chi connectivity index (χ0v) is 18.5. The van der Waals surface area contributed by atoms with Crippen molar-refractivity contribution in [3.05, 3.63) is 63.9 Å². The summed E-state index contributed by atoms with van der Waals surface area (Å²) in [5.74, 6) is -0.731. The second-order valence-electron chi connectivity index (χ2n) is 6.67. The highest BCUT2D eigenvalue weighted by molar-refractivity contribution is 6.39. The minimum Gasteiger partial charge on any atom is -0.493 e. The van der Waals surface area contributed by atoms with Crippen LogP contribution in [0.3, 0.4) is 0 Å². The van der Waals surface area contributed by atoms with E-state index in [2.05, 4.69) is 4.98 Å². The van der Waals surface area contributed by atoms with Crippen LogP contribution in [0.4, 0.5) is 5.69 Å². The number of methoxy groups -OCH3 is 1. The van der Waals surface area contributed by atoms with Gasteiger partial charge in [0.1, 0.15) is 11.3 Å². The number of rotatable bonds is 6. The normalized spacial score (nSPS) is 11.1. The summed E-state index contributed by atoms with van der Waals surface area (Å²) in [7, 11) is 1.49. The van der Waals surface area contributed by atoms with Gasteiger partial charge in [-0.15, -0.1) is 0 Å². The van der Waals surface area contributed by atoms with Gasteiger partial charge in [0.05, 0.1) is 29.3 Å². The Kier molecular flexibility index (Phi) is 5.92. The highest BCUT2D eigenvalue weighted by Crippen LogP contribution is 2.38. The van der Waals surface area contributed by atoms with Crippen molar-refractivity contribution in [2.75, 3.05) is 18.8 Å². The summed E-state index contributed by atoms with van der Waals surface area (Å²) in [6.07, 6.45) is 2.72. The molecule has 2 N–H and O–H groups in total. The van der Waals surface area contributed by atoms with E-state index in [-0.39, 0.29) is 33.5 Å². The molecule has 32 heavy (non-hydrogen) atoms. The molecule has 8 nitrogen and oxygen atoms in total. The molecule has 10 heteroatoms. The first-order valence-corrected chi connectivity index (χ1v) is 10.2. The molecule has 0 fully saturated rings. The van der Waals surface area contributed by atoms with Crippen molar-refractivity contribution in [2.24, 2.45) is 5.73 Å². The van der Waals surface area contributed by atoms with Crippen molar-refractivity contribution in [3.8, 4) is 5.75 Å². The number of anilines is 1. The molecule has 0 saturated carbocycles. The molecule has 0 aliphatic carbocycles. The number of amides is 2. The third-order valence-electron chi connectivity index (χ3n) is 4.79. The number of nitrogens with zero attached hydrogens (tertiary/aromatic N) is 2. The maximum absolute atomic E-state index is 13.4. The van der Waals surface area contributed by atoms with Gasteiger partial charge >= 0.3 is 0 Å². The number of pyridine rings is 1. The minimum atomic E-state index is -0.636. The molecule has 164 valence electrons. The van der Waals surface area contributed by atoms with E-state index in [1.807, 2.05) is 0 Å². The Morgan fingerprint density at radius 3 is 2.50 bits per heavy atom. The first-order valence-electron chi connectivity index (χ1n) is 9.46. The molecule has 0 spiro atoms. The van der Waals surface area contributed by atoms with Gasteiger partial charge in [0.25, 0.3) is 5.91 Å². The van der Waals surface area contributed by atoms with Gasteiger partial charge in [-0.2, -0.15) is 5.06 Å². The summed E-state index contributed by atoms with van der Waals surface area (Å²) in [5, 5.41) is 2.28. The molecule has 0 aliphatic rings. The van der Waals surface area contributed by atoms with Crippen LogP contribution in [0.25, 0.3) is 21.9 Å². The molecule has 0 radical (unpaired) electrons. The average Bonchev–Trinajstić information content (AvgIpc) is 3.16. The number of ether oxygens (including phenoxy) is 1. The van der Waals surface area contributed by atoms with Crippen LogP contribution in [0.1, 0.15) is 27.6 Å². The van der Waals surface area contributed by atoms with Crippen molar-refractivity contribution in [2.45, 2.75) is 6.92 Å². The molecule has 2 heterocycles. The molecule has 2 aromatic heterocycles. The first-order chi connectivity index (χ1) is 15.4. The van der Waals surface area contributed by atoms with E-state index in [0.29, 0.717) is 27.7 Å². The fourth-order valence-electron chi connectivity index (χ4n) is 3.43. The first kappa shape index (κ1) is 21.9. The summed E-state index contributed by atoms with van der Waals surface area (Å²) in [6.45, 7) is 1.90. The Morgan fingerprint density at radius 1 is 1.16 bits per heavy atom. The minimum absolute atomic E-state index is 0.148. The second-order valence-corrected chi connectivity index (χ2v) is 7.48. The lowest BCUT2D eigenvalue weighted by Gasteiger charge is -2.23. The lowest BCUT2D eigenvalue weighted by atomic mass is 10.0. The topological polar surface area (TPSA) is 108 Å². The van der Waals surface area contributed by atoms with Crippen LogP contribution in [-0.2, 0) is 4.84 Å². The number of carbonyl (C=O) groups excluding carboxylic acids is 2. The molecule has 2 amide bonds. The van der Waals surface area contributed by atoms with Gasteiger partial charge in [-0.25, -0.2) is 0 Å². The van der Waals surface area contributed by atoms with Crippen molar-refractivity contribution in [1.29, 1.82) is 0 Å². The van der Waals surface area contributed by atoms with E-state index in [1.165, 1.54) is 19.5 Å². The predicted octanol–water partition coefficient (Wildman–Crippen LogP) is 4.99. The largest absolute Gasteiger partial charge is 0.493 e. The summed E-state index contributed by atoms with van der Waals surface area (Å²) >= 11 is 12.5. The molecule has 0 unspecified atom stereocenters. The number of fused-ring (bicyclic) bond motifs is 3. The monoisotopic (exact) mass is 473 g/mol. The fourth-order valence-corrected chi connectivity index (χ4v) is 3.94. The number of aromatic nitrogens is 1. The van der Waals surface area contributed by atoms with E-state index in [9.17, 15) is 9.59 Å². The van der Waals surface area contributed by atoms with Crippen molar-refractivity contribution < 1.29 is 23.6 Å². The Bertz CT molecular complexity index is 1350. The van der Waals surface area contributed by atoms with E-state index >= 15 is 0 Å². The molecular weight excluding hydrogens is 457 g/mol. The standard InChI is InChI=1S/C22H17Cl2N3O5/c1-3-31-27(19-14(23)9-26-10-15(19)24)22(29)11-4-6-16-13(8-11)18-12(21(25)28)5-7-17(30-2)20(18)32-16/h4-10H,3H2,1-2H3,(H2,25,28). The van der Waals surface area contributed by atoms with E-state index in [1.54, 1.807) is 37.3 Å². The maximum atomic E-state index is 13.4. The van der Waals surface area contributed by atoms with E-state index < -0.39 is 11.8 Å². The smallest absolute Gasteiger partial charge is 0.282 e.